The second-order valence-electron chi connectivity index (χ2n) is 9.19. The van der Waals surface area contributed by atoms with E-state index in [-0.39, 0.29) is 28.3 Å². The highest BCUT2D eigenvalue weighted by atomic mass is 32.3. The third-order valence-electron chi connectivity index (χ3n) is 6.31. The molecule has 2 heterocycles. The van der Waals surface area contributed by atoms with E-state index in [1.54, 1.807) is 25.1 Å². The summed E-state index contributed by atoms with van der Waals surface area (Å²) >= 11 is 0. The summed E-state index contributed by atoms with van der Waals surface area (Å²) in [6.45, 7) is 1.77. The predicted octanol–water partition coefficient (Wildman–Crippen LogP) is 5.49. The number of benzene rings is 3. The van der Waals surface area contributed by atoms with Gasteiger partial charge in [-0.3, -0.25) is 13.9 Å². The molecule has 5 rings (SSSR count). The average Bonchev–Trinajstić information content (AvgIpc) is 3.35. The van der Waals surface area contributed by atoms with Crippen molar-refractivity contribution >= 4 is 27.4 Å². The predicted molar refractivity (Wildman–Crippen MR) is 134 cm³/mol. The fourth-order valence-corrected chi connectivity index (χ4v) is 6.66. The maximum absolute atomic E-state index is 14.8. The lowest BCUT2D eigenvalue weighted by Crippen LogP contribution is -2.46. The number of nitrogens with one attached hydrogen (secondary N) is 1. The molecule has 0 bridgehead atoms. The highest BCUT2D eigenvalue weighted by Crippen LogP contribution is 2.50. The molecule has 1 aliphatic rings. The smallest absolute Gasteiger partial charge is 0.251 e. The number of hydrogen-bond acceptors (Lipinski definition) is 5. The Hall–Kier alpha value is -3.78. The normalized spacial score (nSPS) is 19.7. The van der Waals surface area contributed by atoms with Gasteiger partial charge in [0.2, 0.25) is 0 Å². The summed E-state index contributed by atoms with van der Waals surface area (Å²) in [5.74, 6) is -1.08. The number of nitrogens with zero attached hydrogens (tertiary/aromatic N) is 3. The zero-order chi connectivity index (χ0) is 25.7. The van der Waals surface area contributed by atoms with Gasteiger partial charge < -0.3 is 5.32 Å². The number of carbonyl (C=O) groups excluding carboxylic acids is 1. The molecule has 184 valence electrons. The van der Waals surface area contributed by atoms with Gasteiger partial charge in [-0.15, -0.1) is 0 Å². The summed E-state index contributed by atoms with van der Waals surface area (Å²) < 4.78 is 49.9. The minimum absolute atomic E-state index is 0.0835. The van der Waals surface area contributed by atoms with E-state index in [2.05, 4.69) is 10.4 Å². The van der Waals surface area contributed by atoms with Crippen molar-refractivity contribution in [2.45, 2.75) is 18.9 Å². The van der Waals surface area contributed by atoms with Gasteiger partial charge in [0.15, 0.2) is 0 Å². The topological polar surface area (TPSA) is 111 Å². The molecule has 0 radical (unpaired) electrons. The van der Waals surface area contributed by atoms with Crippen LogP contribution in [0.4, 0.5) is 8.78 Å². The molecule has 4 aromatic rings. The highest BCUT2D eigenvalue weighted by Gasteiger charge is 2.39. The molecule has 10 heteroatoms. The Kier molecular flexibility index (Phi) is 5.79. The summed E-state index contributed by atoms with van der Waals surface area (Å²) in [7, 11) is -2.72. The van der Waals surface area contributed by atoms with Gasteiger partial charge in [-0.2, -0.15) is 21.0 Å². The summed E-state index contributed by atoms with van der Waals surface area (Å²) in [4.78, 5) is 13.1. The van der Waals surface area contributed by atoms with Gasteiger partial charge >= 0.3 is 0 Å². The number of aromatic nitrogens is 2. The minimum Gasteiger partial charge on any atom is -0.345 e. The third kappa shape index (κ3) is 4.44. The van der Waals surface area contributed by atoms with E-state index >= 15 is 0 Å². The largest absolute Gasteiger partial charge is 0.345 e. The molecule has 1 unspecified atom stereocenters. The Bertz CT molecular complexity index is 1550. The van der Waals surface area contributed by atoms with Crippen LogP contribution in [0.15, 0.2) is 60.7 Å². The lowest BCUT2D eigenvalue weighted by molar-refractivity contribution is 0.0915. The molecule has 7 nitrogen and oxygen atoms in total. The summed E-state index contributed by atoms with van der Waals surface area (Å²) in [6, 6.07) is 16.4. The van der Waals surface area contributed by atoms with Crippen LogP contribution in [0.25, 0.3) is 27.8 Å². The first-order valence-electron chi connectivity index (χ1n) is 11.1. The first kappa shape index (κ1) is 23.9. The van der Waals surface area contributed by atoms with Crippen LogP contribution in [0.2, 0.25) is 0 Å². The molecule has 0 spiro atoms. The SMILES string of the molecule is CC1(NC(=O)c2ccc3c(-c4cc(C#N)ccc4F)nn(-c4ccc(F)cc4)c3c2)CCS(O)(O)C1. The van der Waals surface area contributed by atoms with Crippen molar-refractivity contribution in [2.75, 3.05) is 11.5 Å². The first-order chi connectivity index (χ1) is 17.1. The van der Waals surface area contributed by atoms with Gasteiger partial charge in [0, 0.05) is 22.3 Å². The number of halogens is 2. The van der Waals surface area contributed by atoms with E-state index in [0.717, 1.165) is 0 Å². The lowest BCUT2D eigenvalue weighted by atomic mass is 10.0. The molecule has 1 amide bonds. The summed E-state index contributed by atoms with van der Waals surface area (Å²) in [5, 5.41) is 17.3. The Morgan fingerprint density at radius 2 is 1.89 bits per heavy atom. The van der Waals surface area contributed by atoms with Crippen LogP contribution in [0.5, 0.6) is 0 Å². The quantitative estimate of drug-likeness (QED) is 0.338. The number of amides is 1. The van der Waals surface area contributed by atoms with Crippen molar-refractivity contribution in [3.63, 3.8) is 0 Å². The van der Waals surface area contributed by atoms with Crippen LogP contribution < -0.4 is 5.32 Å². The van der Waals surface area contributed by atoms with Gasteiger partial charge in [0.05, 0.1) is 34.1 Å². The second-order valence-corrected chi connectivity index (χ2v) is 11.5. The number of hydrogen-bond donors (Lipinski definition) is 3. The van der Waals surface area contributed by atoms with Crippen molar-refractivity contribution in [1.29, 1.82) is 5.26 Å². The van der Waals surface area contributed by atoms with Gasteiger partial charge in [-0.25, -0.2) is 13.5 Å². The van der Waals surface area contributed by atoms with Crippen LogP contribution in [0.3, 0.4) is 0 Å². The van der Waals surface area contributed by atoms with Crippen LogP contribution >= 0.6 is 10.6 Å². The molecular formula is C26H22F2N4O3S. The molecule has 36 heavy (non-hydrogen) atoms. The Morgan fingerprint density at radius 1 is 1.14 bits per heavy atom. The Balaban J connectivity index is 1.63. The van der Waals surface area contributed by atoms with Crippen molar-refractivity contribution < 1.29 is 22.7 Å². The van der Waals surface area contributed by atoms with Crippen LogP contribution in [0.1, 0.15) is 29.3 Å². The standard InChI is InChI=1S/C26H22F2N4O3S/c1-26(10-11-36(34,35)15-26)30-25(33)17-3-8-20-23(13-17)32(19-6-4-18(27)5-7-19)31-24(20)21-12-16(14-29)2-9-22(21)28/h2-9,12-13,34-35H,10-11,15H2,1H3,(H,30,33). The molecule has 1 atom stereocenters. The summed E-state index contributed by atoms with van der Waals surface area (Å²) in [6.07, 6.45) is 0.440. The molecule has 1 fully saturated rings. The molecule has 3 aromatic carbocycles. The van der Waals surface area contributed by atoms with Crippen molar-refractivity contribution in [3.05, 3.63) is 83.4 Å². The Morgan fingerprint density at radius 3 is 2.56 bits per heavy atom. The highest BCUT2D eigenvalue weighted by molar-refractivity contribution is 8.24. The van der Waals surface area contributed by atoms with Crippen molar-refractivity contribution in [2.24, 2.45) is 0 Å². The molecular weight excluding hydrogens is 486 g/mol. The molecule has 0 aliphatic carbocycles. The zero-order valence-corrected chi connectivity index (χ0v) is 20.0. The van der Waals surface area contributed by atoms with Gasteiger partial charge in [-0.1, -0.05) is 0 Å². The van der Waals surface area contributed by atoms with Gasteiger partial charge in [0.25, 0.3) is 5.91 Å². The van der Waals surface area contributed by atoms with Crippen LogP contribution in [-0.4, -0.2) is 41.8 Å². The molecule has 1 aromatic heterocycles. The number of rotatable bonds is 4. The zero-order valence-electron chi connectivity index (χ0n) is 19.2. The van der Waals surface area contributed by atoms with Gasteiger partial charge in [0.1, 0.15) is 17.3 Å². The molecule has 3 N–H and O–H groups in total. The number of fused-ring (bicyclic) bond motifs is 1. The maximum Gasteiger partial charge on any atom is 0.251 e. The fraction of sp³-hybridized carbons (Fsp3) is 0.192. The van der Waals surface area contributed by atoms with Gasteiger partial charge in [-0.05, 0) is 74.0 Å². The van der Waals surface area contributed by atoms with Crippen molar-refractivity contribution in [3.8, 4) is 23.0 Å². The maximum atomic E-state index is 14.8. The van der Waals surface area contributed by atoms with Crippen molar-refractivity contribution in [1.82, 2.24) is 15.1 Å². The lowest BCUT2D eigenvalue weighted by Gasteiger charge is -2.30. The molecule has 0 saturated carbocycles. The van der Waals surface area contributed by atoms with E-state index in [9.17, 15) is 27.9 Å². The van der Waals surface area contributed by atoms with E-state index in [1.807, 2.05) is 6.07 Å². The summed E-state index contributed by atoms with van der Waals surface area (Å²) in [5.41, 5.74) is 1.18. The second kappa shape index (κ2) is 8.71. The van der Waals surface area contributed by atoms with Crippen LogP contribution in [-0.2, 0) is 0 Å². The number of carbonyl (C=O) groups is 1. The monoisotopic (exact) mass is 508 g/mol. The van der Waals surface area contributed by atoms with E-state index in [4.69, 9.17) is 0 Å². The minimum atomic E-state index is -2.72. The van der Waals surface area contributed by atoms with E-state index in [0.29, 0.717) is 28.6 Å². The third-order valence-corrected chi connectivity index (χ3v) is 8.27. The molecule has 1 aliphatic heterocycles. The van der Waals surface area contributed by atoms with Crippen LogP contribution in [0, 0.1) is 23.0 Å². The van der Waals surface area contributed by atoms with E-state index in [1.165, 1.54) is 47.1 Å². The molecule has 1 saturated heterocycles. The number of nitriles is 1. The fourth-order valence-electron chi connectivity index (χ4n) is 4.50. The first-order valence-corrected chi connectivity index (χ1v) is 13.0. The Labute approximate surface area is 207 Å². The average molecular weight is 509 g/mol. The van der Waals surface area contributed by atoms with E-state index < -0.39 is 33.7 Å².